The van der Waals surface area contributed by atoms with Crippen molar-refractivity contribution in [2.24, 2.45) is 0 Å². The SMILES string of the molecule is O=C(O)C(c1cncn1C1CC1)N1CCCNCC1. The molecule has 3 rings (SSSR count). The van der Waals surface area contributed by atoms with Crippen LogP contribution in [0.2, 0.25) is 0 Å². The van der Waals surface area contributed by atoms with E-state index < -0.39 is 12.0 Å². The van der Waals surface area contributed by atoms with Crippen LogP contribution in [0.4, 0.5) is 0 Å². The van der Waals surface area contributed by atoms with Crippen LogP contribution in [0.3, 0.4) is 0 Å². The average Bonchev–Trinajstić information content (AvgIpc) is 3.16. The van der Waals surface area contributed by atoms with E-state index >= 15 is 0 Å². The molecule has 1 unspecified atom stereocenters. The number of hydrogen-bond acceptors (Lipinski definition) is 4. The van der Waals surface area contributed by atoms with E-state index in [-0.39, 0.29) is 0 Å². The molecule has 19 heavy (non-hydrogen) atoms. The second kappa shape index (κ2) is 5.30. The number of aliphatic carboxylic acids is 1. The van der Waals surface area contributed by atoms with Crippen molar-refractivity contribution in [1.29, 1.82) is 0 Å². The first-order valence-electron chi connectivity index (χ1n) is 6.96. The van der Waals surface area contributed by atoms with E-state index in [1.54, 1.807) is 12.5 Å². The van der Waals surface area contributed by atoms with Gasteiger partial charge in [-0.1, -0.05) is 0 Å². The zero-order valence-corrected chi connectivity index (χ0v) is 11.0. The molecular weight excluding hydrogens is 244 g/mol. The normalized spacial score (nSPS) is 22.9. The van der Waals surface area contributed by atoms with Crippen molar-refractivity contribution < 1.29 is 9.90 Å². The van der Waals surface area contributed by atoms with Gasteiger partial charge < -0.3 is 15.0 Å². The molecule has 6 heteroatoms. The van der Waals surface area contributed by atoms with Gasteiger partial charge in [0, 0.05) is 25.7 Å². The Bertz CT molecular complexity index is 447. The molecule has 0 radical (unpaired) electrons. The van der Waals surface area contributed by atoms with Crippen molar-refractivity contribution >= 4 is 5.97 Å². The fourth-order valence-corrected chi connectivity index (χ4v) is 2.78. The molecule has 1 saturated carbocycles. The minimum absolute atomic E-state index is 0.462. The molecule has 0 bridgehead atoms. The summed E-state index contributed by atoms with van der Waals surface area (Å²) in [5.41, 5.74) is 0.830. The van der Waals surface area contributed by atoms with Crippen LogP contribution in [0, 0.1) is 0 Å². The highest BCUT2D eigenvalue weighted by molar-refractivity contribution is 5.75. The third kappa shape index (κ3) is 2.64. The zero-order valence-electron chi connectivity index (χ0n) is 11.0. The first kappa shape index (κ1) is 12.6. The molecule has 1 atom stereocenters. The molecule has 1 saturated heterocycles. The van der Waals surface area contributed by atoms with Crippen LogP contribution < -0.4 is 5.32 Å². The predicted molar refractivity (Wildman–Crippen MR) is 69.9 cm³/mol. The van der Waals surface area contributed by atoms with Crippen LogP contribution in [0.5, 0.6) is 0 Å². The summed E-state index contributed by atoms with van der Waals surface area (Å²) in [6, 6.07) is -0.104. The minimum Gasteiger partial charge on any atom is -0.480 e. The minimum atomic E-state index is -0.774. The highest BCUT2D eigenvalue weighted by Crippen LogP contribution is 2.37. The van der Waals surface area contributed by atoms with Gasteiger partial charge in [0.2, 0.25) is 0 Å². The monoisotopic (exact) mass is 264 g/mol. The number of imidazole rings is 1. The Morgan fingerprint density at radius 3 is 3.00 bits per heavy atom. The summed E-state index contributed by atoms with van der Waals surface area (Å²) in [5.74, 6) is -0.774. The molecule has 1 aliphatic heterocycles. The second-order valence-electron chi connectivity index (χ2n) is 5.34. The maximum atomic E-state index is 11.7. The molecule has 1 aliphatic carbocycles. The lowest BCUT2D eigenvalue weighted by Crippen LogP contribution is -2.37. The van der Waals surface area contributed by atoms with E-state index in [9.17, 15) is 9.90 Å². The molecule has 0 spiro atoms. The summed E-state index contributed by atoms with van der Waals surface area (Å²) >= 11 is 0. The quantitative estimate of drug-likeness (QED) is 0.835. The summed E-state index contributed by atoms with van der Waals surface area (Å²) in [5, 5.41) is 12.9. The number of aromatic nitrogens is 2. The lowest BCUT2D eigenvalue weighted by atomic mass is 10.1. The van der Waals surface area contributed by atoms with E-state index in [1.165, 1.54) is 0 Å². The summed E-state index contributed by atoms with van der Waals surface area (Å²) in [7, 11) is 0. The van der Waals surface area contributed by atoms with Crippen LogP contribution in [-0.4, -0.2) is 51.7 Å². The van der Waals surface area contributed by atoms with Gasteiger partial charge in [0.1, 0.15) is 0 Å². The van der Waals surface area contributed by atoms with Gasteiger partial charge >= 0.3 is 5.97 Å². The maximum Gasteiger partial charge on any atom is 0.327 e. The molecular formula is C13H20N4O2. The highest BCUT2D eigenvalue weighted by atomic mass is 16.4. The van der Waals surface area contributed by atoms with Crippen LogP contribution in [0.15, 0.2) is 12.5 Å². The van der Waals surface area contributed by atoms with Gasteiger partial charge in [0.25, 0.3) is 0 Å². The topological polar surface area (TPSA) is 70.4 Å². The third-order valence-electron chi connectivity index (χ3n) is 3.89. The highest BCUT2D eigenvalue weighted by Gasteiger charge is 2.34. The molecule has 6 nitrogen and oxygen atoms in total. The fourth-order valence-electron chi connectivity index (χ4n) is 2.78. The van der Waals surface area contributed by atoms with Gasteiger partial charge in [-0.05, 0) is 25.8 Å². The van der Waals surface area contributed by atoms with E-state index in [0.29, 0.717) is 6.04 Å². The van der Waals surface area contributed by atoms with Crippen molar-refractivity contribution in [3.63, 3.8) is 0 Å². The van der Waals surface area contributed by atoms with Gasteiger partial charge in [-0.15, -0.1) is 0 Å². The summed E-state index contributed by atoms with van der Waals surface area (Å²) in [6.07, 6.45) is 6.75. The number of nitrogens with zero attached hydrogens (tertiary/aromatic N) is 3. The molecule has 104 valence electrons. The van der Waals surface area contributed by atoms with Gasteiger partial charge in [-0.2, -0.15) is 0 Å². The zero-order chi connectivity index (χ0) is 13.2. The molecule has 2 heterocycles. The molecule has 1 aromatic rings. The molecule has 0 aromatic carbocycles. The average molecular weight is 264 g/mol. The Hall–Kier alpha value is -1.40. The van der Waals surface area contributed by atoms with Crippen LogP contribution in [-0.2, 0) is 4.79 Å². The van der Waals surface area contributed by atoms with Crippen molar-refractivity contribution in [3.8, 4) is 0 Å². The predicted octanol–water partition coefficient (Wildman–Crippen LogP) is 0.639. The Labute approximate surface area is 112 Å². The molecule has 2 aliphatic rings. The lowest BCUT2D eigenvalue weighted by molar-refractivity contribution is -0.143. The van der Waals surface area contributed by atoms with Crippen LogP contribution in [0.25, 0.3) is 0 Å². The number of rotatable bonds is 4. The number of nitrogens with one attached hydrogen (secondary N) is 1. The first-order valence-corrected chi connectivity index (χ1v) is 6.96. The van der Waals surface area contributed by atoms with Crippen molar-refractivity contribution in [2.75, 3.05) is 26.2 Å². The number of carboxylic acids is 1. The van der Waals surface area contributed by atoms with Gasteiger partial charge in [-0.3, -0.25) is 9.69 Å². The van der Waals surface area contributed by atoms with E-state index in [2.05, 4.69) is 19.8 Å². The van der Waals surface area contributed by atoms with E-state index in [0.717, 1.165) is 51.1 Å². The Kier molecular flexibility index (Phi) is 3.52. The second-order valence-corrected chi connectivity index (χ2v) is 5.34. The number of carboxylic acid groups (broad SMARTS) is 1. The van der Waals surface area contributed by atoms with Crippen LogP contribution in [0.1, 0.15) is 37.0 Å². The smallest absolute Gasteiger partial charge is 0.327 e. The van der Waals surface area contributed by atoms with E-state index in [4.69, 9.17) is 0 Å². The van der Waals surface area contributed by atoms with Crippen molar-refractivity contribution in [3.05, 3.63) is 18.2 Å². The van der Waals surface area contributed by atoms with Crippen molar-refractivity contribution in [1.82, 2.24) is 19.8 Å². The van der Waals surface area contributed by atoms with Crippen LogP contribution >= 0.6 is 0 Å². The van der Waals surface area contributed by atoms with Gasteiger partial charge in [-0.25, -0.2) is 4.98 Å². The molecule has 0 amide bonds. The summed E-state index contributed by atoms with van der Waals surface area (Å²) in [4.78, 5) is 17.9. The maximum absolute atomic E-state index is 11.7. The van der Waals surface area contributed by atoms with E-state index in [1.807, 2.05) is 0 Å². The summed E-state index contributed by atoms with van der Waals surface area (Å²) < 4.78 is 2.05. The van der Waals surface area contributed by atoms with Gasteiger partial charge in [0.15, 0.2) is 6.04 Å². The Balaban J connectivity index is 1.86. The fraction of sp³-hybridized carbons (Fsp3) is 0.692. The first-order chi connectivity index (χ1) is 9.27. The standard InChI is InChI=1S/C13H20N4O2/c18-13(19)12(16-6-1-4-14-5-7-16)11-8-15-9-17(11)10-2-3-10/h8-10,12,14H,1-7H2,(H,18,19). The largest absolute Gasteiger partial charge is 0.480 e. The Morgan fingerprint density at radius 1 is 1.42 bits per heavy atom. The van der Waals surface area contributed by atoms with Crippen molar-refractivity contribution in [2.45, 2.75) is 31.3 Å². The van der Waals surface area contributed by atoms with Gasteiger partial charge in [0.05, 0.1) is 18.2 Å². The molecule has 1 aromatic heterocycles. The Morgan fingerprint density at radius 2 is 2.26 bits per heavy atom. The molecule has 2 N–H and O–H groups in total. The molecule has 2 fully saturated rings. The lowest BCUT2D eigenvalue weighted by Gasteiger charge is -2.27. The number of hydrogen-bond donors (Lipinski definition) is 2. The number of carbonyl (C=O) groups is 1. The third-order valence-corrected chi connectivity index (χ3v) is 3.89. The summed E-state index contributed by atoms with van der Waals surface area (Å²) in [6.45, 7) is 3.40.